The Hall–Kier alpha value is -1.13. The fourth-order valence-electron chi connectivity index (χ4n) is 1.46. The number of aliphatic hydroxyl groups excluding tert-OH is 2. The van der Waals surface area contributed by atoms with E-state index in [1.54, 1.807) is 6.08 Å². The van der Waals surface area contributed by atoms with Crippen molar-refractivity contribution in [1.82, 2.24) is 5.32 Å². The molecule has 0 bridgehead atoms. The minimum Gasteiger partial charge on any atom is -0.394 e. The van der Waals surface area contributed by atoms with Crippen molar-refractivity contribution in [2.75, 3.05) is 6.61 Å². The topological polar surface area (TPSA) is 69.6 Å². The standard InChI is InChI=1S/C14H25NO3/c1-3-4-5-6-7-8-9-10-14(18)13(11-16)15-12(2)17/h5-6,9-10,13-14,16,18H,3-4,7-8,11H2,1-2H3,(H,15,17)/b6-5+,10-9+. The van der Waals surface area contributed by atoms with Crippen LogP contribution in [0.15, 0.2) is 24.3 Å². The van der Waals surface area contributed by atoms with Gasteiger partial charge in [0.1, 0.15) is 0 Å². The van der Waals surface area contributed by atoms with Crippen LogP contribution in [0.2, 0.25) is 0 Å². The van der Waals surface area contributed by atoms with Crippen LogP contribution in [0.5, 0.6) is 0 Å². The molecule has 0 aliphatic carbocycles. The lowest BCUT2D eigenvalue weighted by Crippen LogP contribution is -2.44. The predicted octanol–water partition coefficient (Wildman–Crippen LogP) is 1.54. The van der Waals surface area contributed by atoms with Gasteiger partial charge in [-0.25, -0.2) is 0 Å². The van der Waals surface area contributed by atoms with E-state index in [0.29, 0.717) is 0 Å². The lowest BCUT2D eigenvalue weighted by molar-refractivity contribution is -0.120. The van der Waals surface area contributed by atoms with Crippen LogP contribution in [-0.4, -0.2) is 34.9 Å². The summed E-state index contributed by atoms with van der Waals surface area (Å²) in [5.74, 6) is -0.260. The van der Waals surface area contributed by atoms with Gasteiger partial charge in [-0.05, 0) is 19.3 Å². The second-order valence-electron chi connectivity index (χ2n) is 4.25. The first-order valence-electron chi connectivity index (χ1n) is 6.49. The number of amides is 1. The van der Waals surface area contributed by atoms with Crippen LogP contribution >= 0.6 is 0 Å². The molecule has 0 aromatic rings. The van der Waals surface area contributed by atoms with Gasteiger partial charge in [-0.3, -0.25) is 4.79 Å². The highest BCUT2D eigenvalue weighted by Gasteiger charge is 2.15. The molecule has 18 heavy (non-hydrogen) atoms. The molecule has 0 spiro atoms. The summed E-state index contributed by atoms with van der Waals surface area (Å²) in [6.45, 7) is 3.22. The molecule has 0 aliphatic heterocycles. The van der Waals surface area contributed by atoms with Crippen LogP contribution in [-0.2, 0) is 4.79 Å². The first kappa shape index (κ1) is 16.9. The third kappa shape index (κ3) is 8.96. The summed E-state index contributed by atoms with van der Waals surface area (Å²) in [4.78, 5) is 10.8. The molecule has 0 rings (SSSR count). The van der Waals surface area contributed by atoms with E-state index in [4.69, 9.17) is 5.11 Å². The number of rotatable bonds is 9. The molecule has 0 saturated heterocycles. The van der Waals surface area contributed by atoms with Crippen LogP contribution in [0, 0.1) is 0 Å². The van der Waals surface area contributed by atoms with Gasteiger partial charge in [0, 0.05) is 6.92 Å². The Kier molecular flexibility index (Phi) is 10.3. The van der Waals surface area contributed by atoms with E-state index in [1.807, 2.05) is 6.08 Å². The SMILES string of the molecule is CCC/C=C/CC/C=C/C(O)C(CO)NC(C)=O. The van der Waals surface area contributed by atoms with Gasteiger partial charge >= 0.3 is 0 Å². The van der Waals surface area contributed by atoms with Crippen LogP contribution in [0.25, 0.3) is 0 Å². The van der Waals surface area contributed by atoms with E-state index in [9.17, 15) is 9.90 Å². The number of carbonyl (C=O) groups is 1. The van der Waals surface area contributed by atoms with Crippen molar-refractivity contribution in [3.05, 3.63) is 24.3 Å². The maximum Gasteiger partial charge on any atom is 0.217 e. The van der Waals surface area contributed by atoms with Crippen molar-refractivity contribution >= 4 is 5.91 Å². The second-order valence-corrected chi connectivity index (χ2v) is 4.25. The average Bonchev–Trinajstić information content (AvgIpc) is 2.34. The Morgan fingerprint density at radius 3 is 2.39 bits per heavy atom. The Labute approximate surface area is 109 Å². The maximum atomic E-state index is 10.8. The zero-order valence-electron chi connectivity index (χ0n) is 11.3. The molecule has 2 unspecified atom stereocenters. The fourth-order valence-corrected chi connectivity index (χ4v) is 1.46. The van der Waals surface area contributed by atoms with Crippen LogP contribution in [0.3, 0.4) is 0 Å². The maximum absolute atomic E-state index is 10.8. The molecule has 0 saturated carbocycles. The van der Waals surface area contributed by atoms with Gasteiger partial charge in [0.05, 0.1) is 18.8 Å². The van der Waals surface area contributed by atoms with E-state index < -0.39 is 12.1 Å². The van der Waals surface area contributed by atoms with E-state index >= 15 is 0 Å². The van der Waals surface area contributed by atoms with E-state index in [1.165, 1.54) is 6.92 Å². The number of carbonyl (C=O) groups excluding carboxylic acids is 1. The van der Waals surface area contributed by atoms with Crippen molar-refractivity contribution in [2.45, 2.75) is 51.7 Å². The minimum atomic E-state index is -0.849. The minimum absolute atomic E-state index is 0.260. The molecule has 0 radical (unpaired) electrons. The lowest BCUT2D eigenvalue weighted by Gasteiger charge is -2.18. The monoisotopic (exact) mass is 255 g/mol. The summed E-state index contributed by atoms with van der Waals surface area (Å²) in [5.41, 5.74) is 0. The summed E-state index contributed by atoms with van der Waals surface area (Å²) in [6.07, 6.45) is 10.9. The van der Waals surface area contributed by atoms with Crippen LogP contribution in [0.1, 0.15) is 39.5 Å². The molecular weight excluding hydrogens is 230 g/mol. The first-order chi connectivity index (χ1) is 8.61. The normalized spacial score (nSPS) is 15.1. The van der Waals surface area contributed by atoms with Gasteiger partial charge in [0.15, 0.2) is 0 Å². The third-order valence-electron chi connectivity index (χ3n) is 2.45. The summed E-state index contributed by atoms with van der Waals surface area (Å²) < 4.78 is 0. The van der Waals surface area contributed by atoms with Crippen molar-refractivity contribution in [3.8, 4) is 0 Å². The molecule has 2 atom stereocenters. The molecule has 4 heteroatoms. The number of hydrogen-bond donors (Lipinski definition) is 3. The number of unbranched alkanes of at least 4 members (excludes halogenated alkanes) is 2. The van der Waals surface area contributed by atoms with Gasteiger partial charge in [-0.1, -0.05) is 37.6 Å². The number of allylic oxidation sites excluding steroid dienone is 3. The molecule has 0 fully saturated rings. The molecule has 1 amide bonds. The number of aliphatic hydroxyl groups is 2. The zero-order chi connectivity index (χ0) is 13.8. The average molecular weight is 255 g/mol. The van der Waals surface area contributed by atoms with Crippen LogP contribution in [0.4, 0.5) is 0 Å². The van der Waals surface area contributed by atoms with Gasteiger partial charge in [0.2, 0.25) is 5.91 Å². The lowest BCUT2D eigenvalue weighted by atomic mass is 10.1. The molecule has 0 aliphatic rings. The fraction of sp³-hybridized carbons (Fsp3) is 0.643. The largest absolute Gasteiger partial charge is 0.394 e. The summed E-state index contributed by atoms with van der Waals surface area (Å²) in [5, 5.41) is 21.2. The number of nitrogens with one attached hydrogen (secondary N) is 1. The molecule has 3 N–H and O–H groups in total. The highest BCUT2D eigenvalue weighted by atomic mass is 16.3. The van der Waals surface area contributed by atoms with Gasteiger partial charge < -0.3 is 15.5 Å². The summed E-state index contributed by atoms with van der Waals surface area (Å²) >= 11 is 0. The smallest absolute Gasteiger partial charge is 0.217 e. The third-order valence-corrected chi connectivity index (χ3v) is 2.45. The Balaban J connectivity index is 3.90. The molecule has 4 nitrogen and oxygen atoms in total. The quantitative estimate of drug-likeness (QED) is 0.432. The predicted molar refractivity (Wildman–Crippen MR) is 73.1 cm³/mol. The Morgan fingerprint density at radius 1 is 1.22 bits per heavy atom. The van der Waals surface area contributed by atoms with Crippen molar-refractivity contribution in [1.29, 1.82) is 0 Å². The summed E-state index contributed by atoms with van der Waals surface area (Å²) in [7, 11) is 0. The highest BCUT2D eigenvalue weighted by molar-refractivity contribution is 5.73. The number of hydrogen-bond acceptors (Lipinski definition) is 3. The summed E-state index contributed by atoms with van der Waals surface area (Å²) in [6, 6.07) is -0.630. The molecule has 0 aromatic heterocycles. The van der Waals surface area contributed by atoms with E-state index in [0.717, 1.165) is 25.7 Å². The highest BCUT2D eigenvalue weighted by Crippen LogP contribution is 2.00. The van der Waals surface area contributed by atoms with Crippen molar-refractivity contribution in [3.63, 3.8) is 0 Å². The molecule has 104 valence electrons. The van der Waals surface area contributed by atoms with Gasteiger partial charge in [-0.2, -0.15) is 0 Å². The molecular formula is C14H25NO3. The van der Waals surface area contributed by atoms with Gasteiger partial charge in [0.25, 0.3) is 0 Å². The molecule has 0 aromatic carbocycles. The van der Waals surface area contributed by atoms with E-state index in [2.05, 4.69) is 24.4 Å². The first-order valence-corrected chi connectivity index (χ1v) is 6.49. The Bertz CT molecular complexity index is 274. The second kappa shape index (κ2) is 11.0. The van der Waals surface area contributed by atoms with Crippen LogP contribution < -0.4 is 5.32 Å². The van der Waals surface area contributed by atoms with E-state index in [-0.39, 0.29) is 12.5 Å². The Morgan fingerprint density at radius 2 is 1.83 bits per heavy atom. The zero-order valence-corrected chi connectivity index (χ0v) is 11.3. The molecule has 0 heterocycles. The van der Waals surface area contributed by atoms with Gasteiger partial charge in [-0.15, -0.1) is 0 Å². The van der Waals surface area contributed by atoms with Crippen molar-refractivity contribution < 1.29 is 15.0 Å². The van der Waals surface area contributed by atoms with Crippen molar-refractivity contribution in [2.24, 2.45) is 0 Å².